The minimum atomic E-state index is 0.826. The van der Waals surface area contributed by atoms with E-state index in [9.17, 15) is 0 Å². The lowest BCUT2D eigenvalue weighted by Crippen LogP contribution is -2.24. The first-order valence-corrected chi connectivity index (χ1v) is 6.40. The molecule has 1 aromatic carbocycles. The molecule has 2 rings (SSSR count). The normalized spacial score (nSPS) is 17.0. The van der Waals surface area contributed by atoms with E-state index in [-0.39, 0.29) is 0 Å². The first-order chi connectivity index (χ1) is 8.25. The minimum Gasteiger partial charge on any atom is -0.399 e. The quantitative estimate of drug-likeness (QED) is 0.814. The van der Waals surface area contributed by atoms with Crippen molar-refractivity contribution >= 4 is 11.4 Å². The van der Waals surface area contributed by atoms with Gasteiger partial charge in [-0.1, -0.05) is 0 Å². The fraction of sp³-hybridized carbons (Fsp3) is 0.571. The molecule has 0 atom stereocenters. The molecule has 0 bridgehead atoms. The maximum Gasteiger partial charge on any atom is 0.0468 e. The van der Waals surface area contributed by atoms with E-state index in [4.69, 9.17) is 10.5 Å². The van der Waals surface area contributed by atoms with Crippen molar-refractivity contribution in [2.75, 3.05) is 37.4 Å². The highest BCUT2D eigenvalue weighted by Crippen LogP contribution is 2.21. The van der Waals surface area contributed by atoms with Crippen LogP contribution in [0.5, 0.6) is 0 Å². The third-order valence-electron chi connectivity index (χ3n) is 3.55. The monoisotopic (exact) mass is 234 g/mol. The Morgan fingerprint density at radius 1 is 1.24 bits per heavy atom. The fourth-order valence-corrected chi connectivity index (χ4v) is 2.27. The molecule has 94 valence electrons. The number of ether oxygens (including phenoxy) is 1. The topological polar surface area (TPSA) is 38.5 Å². The number of hydrogen-bond acceptors (Lipinski definition) is 3. The average Bonchev–Trinajstić information content (AvgIpc) is 2.38. The summed E-state index contributed by atoms with van der Waals surface area (Å²) in [5.74, 6) is 0.833. The predicted molar refractivity (Wildman–Crippen MR) is 72.3 cm³/mol. The Balaban J connectivity index is 1.80. The summed E-state index contributed by atoms with van der Waals surface area (Å²) in [4.78, 5) is 2.30. The van der Waals surface area contributed by atoms with E-state index >= 15 is 0 Å². The van der Waals surface area contributed by atoms with Gasteiger partial charge in [0.15, 0.2) is 0 Å². The Morgan fingerprint density at radius 3 is 2.53 bits per heavy atom. The van der Waals surface area contributed by atoms with E-state index < -0.39 is 0 Å². The largest absolute Gasteiger partial charge is 0.399 e. The molecule has 0 radical (unpaired) electrons. The van der Waals surface area contributed by atoms with Gasteiger partial charge in [-0.2, -0.15) is 0 Å². The number of nitrogen functional groups attached to an aromatic ring is 1. The summed E-state index contributed by atoms with van der Waals surface area (Å²) in [6, 6.07) is 8.08. The van der Waals surface area contributed by atoms with E-state index in [1.807, 2.05) is 12.1 Å². The van der Waals surface area contributed by atoms with Gasteiger partial charge in [0.2, 0.25) is 0 Å². The SMILES string of the molecule is CN(CCC1CCOCC1)c1ccc(N)cc1. The standard InChI is InChI=1S/C14H22N2O/c1-16(14-4-2-13(15)3-5-14)9-6-12-7-10-17-11-8-12/h2-5,12H,6-11,15H2,1H3. The Morgan fingerprint density at radius 2 is 1.88 bits per heavy atom. The van der Waals surface area contributed by atoms with Crippen LogP contribution in [-0.4, -0.2) is 26.8 Å². The molecule has 3 heteroatoms. The minimum absolute atomic E-state index is 0.826. The molecule has 0 aromatic heterocycles. The van der Waals surface area contributed by atoms with Crippen LogP contribution >= 0.6 is 0 Å². The molecule has 3 nitrogen and oxygen atoms in total. The van der Waals surface area contributed by atoms with Crippen molar-refractivity contribution < 1.29 is 4.74 Å². The van der Waals surface area contributed by atoms with Crippen molar-refractivity contribution in [1.82, 2.24) is 0 Å². The summed E-state index contributed by atoms with van der Waals surface area (Å²) >= 11 is 0. The fourth-order valence-electron chi connectivity index (χ4n) is 2.27. The summed E-state index contributed by atoms with van der Waals surface area (Å²) in [5.41, 5.74) is 7.75. The number of hydrogen-bond donors (Lipinski definition) is 1. The molecule has 0 amide bonds. The zero-order chi connectivity index (χ0) is 12.1. The van der Waals surface area contributed by atoms with Gasteiger partial charge in [-0.15, -0.1) is 0 Å². The summed E-state index contributed by atoms with van der Waals surface area (Å²) in [7, 11) is 2.14. The molecule has 0 spiro atoms. The Bertz CT molecular complexity index is 331. The Hall–Kier alpha value is -1.22. The molecular formula is C14H22N2O. The predicted octanol–water partition coefficient (Wildman–Crippen LogP) is 2.52. The van der Waals surface area contributed by atoms with Gasteiger partial charge in [0.1, 0.15) is 0 Å². The highest BCUT2D eigenvalue weighted by Gasteiger charge is 2.14. The summed E-state index contributed by atoms with van der Waals surface area (Å²) in [6.07, 6.45) is 3.69. The maximum absolute atomic E-state index is 5.69. The lowest BCUT2D eigenvalue weighted by Gasteiger charge is -2.26. The summed E-state index contributed by atoms with van der Waals surface area (Å²) < 4.78 is 5.38. The van der Waals surface area contributed by atoms with Crippen LogP contribution in [0.25, 0.3) is 0 Å². The number of benzene rings is 1. The lowest BCUT2D eigenvalue weighted by molar-refractivity contribution is 0.0645. The average molecular weight is 234 g/mol. The molecule has 0 unspecified atom stereocenters. The van der Waals surface area contributed by atoms with E-state index in [2.05, 4.69) is 24.1 Å². The first-order valence-electron chi connectivity index (χ1n) is 6.40. The molecule has 1 heterocycles. The number of rotatable bonds is 4. The van der Waals surface area contributed by atoms with Crippen molar-refractivity contribution in [1.29, 1.82) is 0 Å². The Labute approximate surface area is 104 Å². The zero-order valence-electron chi connectivity index (χ0n) is 10.6. The van der Waals surface area contributed by atoms with Crippen molar-refractivity contribution in [2.45, 2.75) is 19.3 Å². The zero-order valence-corrected chi connectivity index (χ0v) is 10.6. The van der Waals surface area contributed by atoms with Crippen LogP contribution in [0.2, 0.25) is 0 Å². The van der Waals surface area contributed by atoms with Gasteiger partial charge in [-0.3, -0.25) is 0 Å². The van der Waals surface area contributed by atoms with Crippen LogP contribution in [-0.2, 0) is 4.74 Å². The van der Waals surface area contributed by atoms with Crippen LogP contribution < -0.4 is 10.6 Å². The van der Waals surface area contributed by atoms with E-state index in [1.165, 1.54) is 24.9 Å². The molecule has 1 aliphatic rings. The van der Waals surface area contributed by atoms with Crippen LogP contribution in [0, 0.1) is 5.92 Å². The van der Waals surface area contributed by atoms with Crippen LogP contribution in [0.15, 0.2) is 24.3 Å². The summed E-state index contributed by atoms with van der Waals surface area (Å²) in [6.45, 7) is 2.99. The number of anilines is 2. The summed E-state index contributed by atoms with van der Waals surface area (Å²) in [5, 5.41) is 0. The second-order valence-electron chi connectivity index (χ2n) is 4.86. The first kappa shape index (κ1) is 12.2. The van der Waals surface area contributed by atoms with E-state index in [0.717, 1.165) is 31.4 Å². The number of nitrogens with two attached hydrogens (primary N) is 1. The van der Waals surface area contributed by atoms with Gasteiger partial charge in [0.05, 0.1) is 0 Å². The molecule has 0 saturated carbocycles. The van der Waals surface area contributed by atoms with Gasteiger partial charge >= 0.3 is 0 Å². The van der Waals surface area contributed by atoms with E-state index in [0.29, 0.717) is 0 Å². The maximum atomic E-state index is 5.69. The van der Waals surface area contributed by atoms with Crippen LogP contribution in [0.3, 0.4) is 0 Å². The lowest BCUT2D eigenvalue weighted by atomic mass is 9.96. The van der Waals surface area contributed by atoms with Gasteiger partial charge in [-0.25, -0.2) is 0 Å². The van der Waals surface area contributed by atoms with E-state index in [1.54, 1.807) is 0 Å². The van der Waals surface area contributed by atoms with Gasteiger partial charge in [0, 0.05) is 38.2 Å². The van der Waals surface area contributed by atoms with Crippen molar-refractivity contribution in [3.8, 4) is 0 Å². The van der Waals surface area contributed by atoms with Gasteiger partial charge in [0.25, 0.3) is 0 Å². The molecule has 1 aromatic rings. The van der Waals surface area contributed by atoms with Gasteiger partial charge < -0.3 is 15.4 Å². The molecule has 1 fully saturated rings. The second kappa shape index (κ2) is 5.92. The molecule has 17 heavy (non-hydrogen) atoms. The molecule has 2 N–H and O–H groups in total. The Kier molecular flexibility index (Phi) is 4.26. The van der Waals surface area contributed by atoms with Crippen molar-refractivity contribution in [3.63, 3.8) is 0 Å². The third-order valence-corrected chi connectivity index (χ3v) is 3.55. The highest BCUT2D eigenvalue weighted by atomic mass is 16.5. The smallest absolute Gasteiger partial charge is 0.0468 e. The van der Waals surface area contributed by atoms with Crippen LogP contribution in [0.4, 0.5) is 11.4 Å². The number of nitrogens with zero attached hydrogens (tertiary/aromatic N) is 1. The molecule has 1 saturated heterocycles. The van der Waals surface area contributed by atoms with Crippen molar-refractivity contribution in [2.24, 2.45) is 5.92 Å². The molecular weight excluding hydrogens is 212 g/mol. The molecule has 0 aliphatic carbocycles. The van der Waals surface area contributed by atoms with Gasteiger partial charge in [-0.05, 0) is 49.4 Å². The highest BCUT2D eigenvalue weighted by molar-refractivity contribution is 5.52. The van der Waals surface area contributed by atoms with Crippen LogP contribution in [0.1, 0.15) is 19.3 Å². The van der Waals surface area contributed by atoms with Crippen molar-refractivity contribution in [3.05, 3.63) is 24.3 Å². The second-order valence-corrected chi connectivity index (χ2v) is 4.86. The molecule has 1 aliphatic heterocycles. The third kappa shape index (κ3) is 3.63.